The zero-order valence-electron chi connectivity index (χ0n) is 10.6. The Morgan fingerprint density at radius 1 is 0.895 bits per heavy atom. The van der Waals surface area contributed by atoms with E-state index in [1.54, 1.807) is 4.90 Å². The molecule has 1 amide bonds. The van der Waals surface area contributed by atoms with Crippen molar-refractivity contribution in [2.45, 2.75) is 12.3 Å². The molecule has 1 aliphatic rings. The highest BCUT2D eigenvalue weighted by Gasteiger charge is 2.23. The highest BCUT2D eigenvalue weighted by Crippen LogP contribution is 2.28. The molecule has 1 aliphatic heterocycles. The molecule has 0 radical (unpaired) electrons. The number of allylic oxidation sites excluding steroid dienone is 1. The Morgan fingerprint density at radius 3 is 2.16 bits per heavy atom. The maximum absolute atomic E-state index is 12.3. The van der Waals surface area contributed by atoms with Gasteiger partial charge in [-0.3, -0.25) is 9.69 Å². The molecule has 2 heteroatoms. The lowest BCUT2D eigenvalue weighted by Crippen LogP contribution is -2.29. The van der Waals surface area contributed by atoms with E-state index >= 15 is 0 Å². The van der Waals surface area contributed by atoms with Gasteiger partial charge in [0.1, 0.15) is 0 Å². The van der Waals surface area contributed by atoms with E-state index in [2.05, 4.69) is 18.2 Å². The average molecular weight is 249 g/mol. The standard InChI is InChI=1S/C17H15NO/c19-17-13-15(14-7-3-1-4-8-14)11-12-18(17)16-9-5-2-6-10-16/h1-12,15H,13H2. The van der Waals surface area contributed by atoms with Crippen LogP contribution < -0.4 is 4.90 Å². The second-order valence-electron chi connectivity index (χ2n) is 4.66. The molecule has 19 heavy (non-hydrogen) atoms. The zero-order chi connectivity index (χ0) is 13.1. The summed E-state index contributed by atoms with van der Waals surface area (Å²) in [6.07, 6.45) is 4.51. The van der Waals surface area contributed by atoms with Gasteiger partial charge in [0.05, 0.1) is 0 Å². The molecule has 0 bridgehead atoms. The summed E-state index contributed by atoms with van der Waals surface area (Å²) in [6.45, 7) is 0. The van der Waals surface area contributed by atoms with Crippen molar-refractivity contribution in [3.05, 3.63) is 78.5 Å². The highest BCUT2D eigenvalue weighted by molar-refractivity contribution is 5.96. The number of carbonyl (C=O) groups is 1. The lowest BCUT2D eigenvalue weighted by atomic mass is 9.93. The number of hydrogen-bond acceptors (Lipinski definition) is 1. The van der Waals surface area contributed by atoms with E-state index in [9.17, 15) is 4.79 Å². The van der Waals surface area contributed by atoms with Crippen molar-refractivity contribution >= 4 is 11.6 Å². The summed E-state index contributed by atoms with van der Waals surface area (Å²) in [7, 11) is 0. The molecule has 1 heterocycles. The van der Waals surface area contributed by atoms with Gasteiger partial charge in [-0.15, -0.1) is 0 Å². The van der Waals surface area contributed by atoms with Gasteiger partial charge in [-0.05, 0) is 17.7 Å². The molecule has 1 atom stereocenters. The zero-order valence-corrected chi connectivity index (χ0v) is 10.6. The molecule has 0 aliphatic carbocycles. The molecular formula is C17H15NO. The molecule has 2 aromatic rings. The first-order valence-corrected chi connectivity index (χ1v) is 6.45. The number of carbonyl (C=O) groups excluding carboxylic acids is 1. The quantitative estimate of drug-likeness (QED) is 0.794. The van der Waals surface area contributed by atoms with Crippen LogP contribution in [-0.2, 0) is 4.79 Å². The Bertz CT molecular complexity index is 589. The van der Waals surface area contributed by atoms with Gasteiger partial charge in [0, 0.05) is 24.2 Å². The maximum atomic E-state index is 12.3. The second-order valence-corrected chi connectivity index (χ2v) is 4.66. The number of benzene rings is 2. The van der Waals surface area contributed by atoms with Crippen molar-refractivity contribution in [2.75, 3.05) is 4.90 Å². The van der Waals surface area contributed by atoms with Crippen LogP contribution in [0.2, 0.25) is 0 Å². The lowest BCUT2D eigenvalue weighted by molar-refractivity contribution is -0.118. The van der Waals surface area contributed by atoms with Crippen LogP contribution in [0.5, 0.6) is 0 Å². The Labute approximate surface area is 113 Å². The fraction of sp³-hybridized carbons (Fsp3) is 0.118. The van der Waals surface area contributed by atoms with Gasteiger partial charge in [0.2, 0.25) is 5.91 Å². The van der Waals surface area contributed by atoms with Crippen LogP contribution in [0.25, 0.3) is 0 Å². The fourth-order valence-electron chi connectivity index (χ4n) is 2.38. The number of rotatable bonds is 2. The van der Waals surface area contributed by atoms with E-state index in [-0.39, 0.29) is 11.8 Å². The Balaban J connectivity index is 1.85. The van der Waals surface area contributed by atoms with Gasteiger partial charge in [-0.1, -0.05) is 54.6 Å². The number of para-hydroxylation sites is 1. The number of hydrogen-bond donors (Lipinski definition) is 0. The summed E-state index contributed by atoms with van der Waals surface area (Å²) in [5, 5.41) is 0. The first-order valence-electron chi connectivity index (χ1n) is 6.45. The van der Waals surface area contributed by atoms with Gasteiger partial charge in [0.25, 0.3) is 0 Å². The molecule has 94 valence electrons. The van der Waals surface area contributed by atoms with E-state index in [4.69, 9.17) is 0 Å². The smallest absolute Gasteiger partial charge is 0.231 e. The number of amides is 1. The van der Waals surface area contributed by atoms with Gasteiger partial charge in [-0.25, -0.2) is 0 Å². The van der Waals surface area contributed by atoms with Crippen LogP contribution in [0.1, 0.15) is 17.9 Å². The monoisotopic (exact) mass is 249 g/mol. The SMILES string of the molecule is O=C1CC(c2ccccc2)C=CN1c1ccccc1. The van der Waals surface area contributed by atoms with E-state index in [0.29, 0.717) is 6.42 Å². The first kappa shape index (κ1) is 11.7. The molecule has 3 rings (SSSR count). The molecule has 0 aromatic heterocycles. The molecule has 0 N–H and O–H groups in total. The third-order valence-corrected chi connectivity index (χ3v) is 3.39. The Hall–Kier alpha value is -2.35. The minimum Gasteiger partial charge on any atom is -0.288 e. The summed E-state index contributed by atoms with van der Waals surface area (Å²) >= 11 is 0. The van der Waals surface area contributed by atoms with Crippen molar-refractivity contribution in [3.8, 4) is 0 Å². The van der Waals surface area contributed by atoms with Gasteiger partial charge in [-0.2, -0.15) is 0 Å². The van der Waals surface area contributed by atoms with Crippen LogP contribution in [-0.4, -0.2) is 5.91 Å². The molecule has 2 aromatic carbocycles. The van der Waals surface area contributed by atoms with Crippen molar-refractivity contribution in [3.63, 3.8) is 0 Å². The maximum Gasteiger partial charge on any atom is 0.231 e. The second kappa shape index (κ2) is 5.11. The molecule has 0 saturated heterocycles. The fourth-order valence-corrected chi connectivity index (χ4v) is 2.38. The Kier molecular flexibility index (Phi) is 3.15. The summed E-state index contributed by atoms with van der Waals surface area (Å²) < 4.78 is 0. The average Bonchev–Trinajstić information content (AvgIpc) is 2.49. The van der Waals surface area contributed by atoms with Crippen molar-refractivity contribution in [1.82, 2.24) is 0 Å². The van der Waals surface area contributed by atoms with Crippen LogP contribution in [0, 0.1) is 0 Å². The van der Waals surface area contributed by atoms with Crippen LogP contribution in [0.4, 0.5) is 5.69 Å². The molecule has 0 saturated carbocycles. The predicted octanol–water partition coefficient (Wildman–Crippen LogP) is 3.72. The normalized spacial score (nSPS) is 18.6. The van der Waals surface area contributed by atoms with Gasteiger partial charge >= 0.3 is 0 Å². The topological polar surface area (TPSA) is 20.3 Å². The van der Waals surface area contributed by atoms with E-state index in [0.717, 1.165) is 5.69 Å². The van der Waals surface area contributed by atoms with Crippen molar-refractivity contribution < 1.29 is 4.79 Å². The summed E-state index contributed by atoms with van der Waals surface area (Å²) in [5.74, 6) is 0.330. The minimum atomic E-state index is 0.141. The highest BCUT2D eigenvalue weighted by atomic mass is 16.2. The molecular weight excluding hydrogens is 234 g/mol. The molecule has 0 spiro atoms. The number of nitrogens with zero attached hydrogens (tertiary/aromatic N) is 1. The molecule has 1 unspecified atom stereocenters. The van der Waals surface area contributed by atoms with Crippen molar-refractivity contribution in [2.24, 2.45) is 0 Å². The number of anilines is 1. The largest absolute Gasteiger partial charge is 0.288 e. The van der Waals surface area contributed by atoms with Crippen molar-refractivity contribution in [1.29, 1.82) is 0 Å². The van der Waals surface area contributed by atoms with Crippen LogP contribution in [0.15, 0.2) is 72.9 Å². The first-order chi connectivity index (χ1) is 9.34. The Morgan fingerprint density at radius 2 is 1.53 bits per heavy atom. The van der Waals surface area contributed by atoms with Gasteiger partial charge in [0.15, 0.2) is 0 Å². The van der Waals surface area contributed by atoms with Gasteiger partial charge < -0.3 is 0 Å². The summed E-state index contributed by atoms with van der Waals surface area (Å²) in [5.41, 5.74) is 2.12. The lowest BCUT2D eigenvalue weighted by Gasteiger charge is -2.26. The van der Waals surface area contributed by atoms with Crippen LogP contribution in [0.3, 0.4) is 0 Å². The van der Waals surface area contributed by atoms with E-state index < -0.39 is 0 Å². The third kappa shape index (κ3) is 2.43. The predicted molar refractivity (Wildman–Crippen MR) is 76.9 cm³/mol. The van der Waals surface area contributed by atoms with E-state index in [1.807, 2.05) is 54.7 Å². The van der Waals surface area contributed by atoms with E-state index in [1.165, 1.54) is 5.56 Å². The third-order valence-electron chi connectivity index (χ3n) is 3.39. The molecule has 2 nitrogen and oxygen atoms in total. The van der Waals surface area contributed by atoms with Crippen LogP contribution >= 0.6 is 0 Å². The summed E-state index contributed by atoms with van der Waals surface area (Å²) in [4.78, 5) is 14.0. The minimum absolute atomic E-state index is 0.141. The molecule has 0 fully saturated rings. The summed E-state index contributed by atoms with van der Waals surface area (Å²) in [6, 6.07) is 19.9.